The topological polar surface area (TPSA) is 63.3 Å². The third kappa shape index (κ3) is 4.55. The van der Waals surface area contributed by atoms with E-state index in [2.05, 4.69) is 27.2 Å². The van der Waals surface area contributed by atoms with Crippen molar-refractivity contribution in [1.29, 1.82) is 0 Å². The van der Waals surface area contributed by atoms with Gasteiger partial charge in [0.25, 0.3) is 0 Å². The van der Waals surface area contributed by atoms with Crippen LogP contribution in [0, 0.1) is 0 Å². The van der Waals surface area contributed by atoms with Crippen molar-refractivity contribution in [2.24, 2.45) is 0 Å². The lowest BCUT2D eigenvalue weighted by atomic mass is 10.2. The number of ether oxygens (including phenoxy) is 3. The highest BCUT2D eigenvalue weighted by molar-refractivity contribution is 5.92. The summed E-state index contributed by atoms with van der Waals surface area (Å²) in [5.41, 5.74) is 2.00. The van der Waals surface area contributed by atoms with Gasteiger partial charge in [0.05, 0.1) is 13.7 Å². The molecule has 7 heteroatoms. The van der Waals surface area contributed by atoms with E-state index in [1.165, 1.54) is 5.56 Å². The molecule has 2 aromatic rings. The van der Waals surface area contributed by atoms with Crippen LogP contribution in [0.1, 0.15) is 5.56 Å². The number of methoxy groups -OCH3 is 1. The van der Waals surface area contributed by atoms with Gasteiger partial charge in [0.2, 0.25) is 12.7 Å². The van der Waals surface area contributed by atoms with E-state index in [0.717, 1.165) is 44.2 Å². The molecule has 2 aromatic carbocycles. The van der Waals surface area contributed by atoms with E-state index in [9.17, 15) is 4.79 Å². The maximum Gasteiger partial charge on any atom is 0.238 e. The second-order valence-corrected chi connectivity index (χ2v) is 7.02. The number of amides is 1. The van der Waals surface area contributed by atoms with Crippen molar-refractivity contribution >= 4 is 11.6 Å². The number of fused-ring (bicyclic) bond motifs is 1. The molecule has 0 saturated carbocycles. The fourth-order valence-electron chi connectivity index (χ4n) is 3.47. The van der Waals surface area contributed by atoms with E-state index in [4.69, 9.17) is 14.2 Å². The zero-order valence-corrected chi connectivity index (χ0v) is 16.0. The molecule has 28 heavy (non-hydrogen) atoms. The fourth-order valence-corrected chi connectivity index (χ4v) is 3.47. The normalized spacial score (nSPS) is 16.8. The number of hydrogen-bond donors (Lipinski definition) is 1. The SMILES string of the molecule is COc1ccc(CN2CCN(CC(=O)Nc3ccc4c(c3)OCO4)CC2)cc1. The van der Waals surface area contributed by atoms with E-state index in [1.807, 2.05) is 24.3 Å². The highest BCUT2D eigenvalue weighted by Crippen LogP contribution is 2.34. The number of carbonyl (C=O) groups excluding carboxylic acids is 1. The number of benzene rings is 2. The van der Waals surface area contributed by atoms with Crippen LogP contribution in [0.4, 0.5) is 5.69 Å². The minimum atomic E-state index is -0.0116. The molecule has 4 rings (SSSR count). The minimum absolute atomic E-state index is 0.0116. The Hall–Kier alpha value is -2.77. The number of nitrogens with zero attached hydrogens (tertiary/aromatic N) is 2. The molecule has 0 radical (unpaired) electrons. The van der Waals surface area contributed by atoms with Gasteiger partial charge in [-0.25, -0.2) is 0 Å². The summed E-state index contributed by atoms with van der Waals surface area (Å²) in [5, 5.41) is 2.94. The predicted octanol–water partition coefficient (Wildman–Crippen LogP) is 2.18. The molecule has 1 fully saturated rings. The average Bonchev–Trinajstić information content (AvgIpc) is 3.18. The van der Waals surface area contributed by atoms with Crippen molar-refractivity contribution in [3.05, 3.63) is 48.0 Å². The van der Waals surface area contributed by atoms with Crippen LogP contribution in [0.5, 0.6) is 17.2 Å². The van der Waals surface area contributed by atoms with Crippen molar-refractivity contribution in [2.75, 3.05) is 51.9 Å². The molecular formula is C21H25N3O4. The van der Waals surface area contributed by atoms with Crippen LogP contribution in [0.15, 0.2) is 42.5 Å². The van der Waals surface area contributed by atoms with Crippen LogP contribution in [-0.4, -0.2) is 62.3 Å². The van der Waals surface area contributed by atoms with E-state index in [0.29, 0.717) is 18.0 Å². The smallest absolute Gasteiger partial charge is 0.238 e. The first-order valence-electron chi connectivity index (χ1n) is 9.47. The summed E-state index contributed by atoms with van der Waals surface area (Å²) in [7, 11) is 1.68. The maximum absolute atomic E-state index is 12.4. The van der Waals surface area contributed by atoms with Gasteiger partial charge in [0, 0.05) is 44.5 Å². The third-order valence-electron chi connectivity index (χ3n) is 5.05. The Morgan fingerprint density at radius 2 is 1.71 bits per heavy atom. The van der Waals surface area contributed by atoms with Crippen molar-refractivity contribution in [2.45, 2.75) is 6.54 Å². The maximum atomic E-state index is 12.4. The molecule has 2 aliphatic rings. The number of hydrogen-bond acceptors (Lipinski definition) is 6. The zero-order chi connectivity index (χ0) is 19.3. The van der Waals surface area contributed by atoms with Crippen molar-refractivity contribution in [3.63, 3.8) is 0 Å². The monoisotopic (exact) mass is 383 g/mol. The molecule has 0 unspecified atom stereocenters. The van der Waals surface area contributed by atoms with E-state index in [-0.39, 0.29) is 12.7 Å². The van der Waals surface area contributed by atoms with Gasteiger partial charge in [0.15, 0.2) is 11.5 Å². The summed E-state index contributed by atoms with van der Waals surface area (Å²) >= 11 is 0. The van der Waals surface area contributed by atoms with E-state index < -0.39 is 0 Å². The molecule has 2 heterocycles. The number of carbonyl (C=O) groups is 1. The van der Waals surface area contributed by atoms with Crippen molar-refractivity contribution in [3.8, 4) is 17.2 Å². The van der Waals surface area contributed by atoms with Crippen molar-refractivity contribution in [1.82, 2.24) is 9.80 Å². The Kier molecular flexibility index (Phi) is 5.64. The van der Waals surface area contributed by atoms with Gasteiger partial charge < -0.3 is 19.5 Å². The van der Waals surface area contributed by atoms with Crippen LogP contribution in [-0.2, 0) is 11.3 Å². The Morgan fingerprint density at radius 3 is 2.46 bits per heavy atom. The van der Waals surface area contributed by atoms with Crippen LogP contribution in [0.3, 0.4) is 0 Å². The van der Waals surface area contributed by atoms with Gasteiger partial charge in [0.1, 0.15) is 5.75 Å². The van der Waals surface area contributed by atoms with Gasteiger partial charge >= 0.3 is 0 Å². The van der Waals surface area contributed by atoms with Crippen LogP contribution in [0.2, 0.25) is 0 Å². The summed E-state index contributed by atoms with van der Waals surface area (Å²) in [4.78, 5) is 17.0. The van der Waals surface area contributed by atoms with Crippen LogP contribution < -0.4 is 19.5 Å². The zero-order valence-electron chi connectivity index (χ0n) is 16.0. The molecule has 1 saturated heterocycles. The number of rotatable bonds is 6. The molecular weight excluding hydrogens is 358 g/mol. The first-order valence-corrected chi connectivity index (χ1v) is 9.47. The summed E-state index contributed by atoms with van der Waals surface area (Å²) in [6, 6.07) is 13.6. The number of nitrogens with one attached hydrogen (secondary N) is 1. The molecule has 2 aliphatic heterocycles. The molecule has 0 atom stereocenters. The summed E-state index contributed by atoms with van der Waals surface area (Å²) in [5.74, 6) is 2.25. The summed E-state index contributed by atoms with van der Waals surface area (Å²) in [6.45, 7) is 5.20. The molecule has 1 N–H and O–H groups in total. The van der Waals surface area contributed by atoms with Crippen molar-refractivity contribution < 1.29 is 19.0 Å². The summed E-state index contributed by atoms with van der Waals surface area (Å²) in [6.07, 6.45) is 0. The first kappa shape index (κ1) is 18.6. The van der Waals surface area contributed by atoms with Gasteiger partial charge in [-0.3, -0.25) is 14.6 Å². The molecule has 0 spiro atoms. The van der Waals surface area contributed by atoms with Crippen LogP contribution in [0.25, 0.3) is 0 Å². The Balaban J connectivity index is 1.22. The van der Waals surface area contributed by atoms with E-state index >= 15 is 0 Å². The molecule has 0 aromatic heterocycles. The molecule has 148 valence electrons. The standard InChI is InChI=1S/C21H25N3O4/c1-26-18-5-2-16(3-6-18)13-23-8-10-24(11-9-23)14-21(25)22-17-4-7-19-20(12-17)28-15-27-19/h2-7,12H,8-11,13-15H2,1H3,(H,22,25). The highest BCUT2D eigenvalue weighted by atomic mass is 16.7. The largest absolute Gasteiger partial charge is 0.497 e. The average molecular weight is 383 g/mol. The second-order valence-electron chi connectivity index (χ2n) is 7.02. The first-order chi connectivity index (χ1) is 13.7. The summed E-state index contributed by atoms with van der Waals surface area (Å²) < 4.78 is 15.8. The van der Waals surface area contributed by atoms with Gasteiger partial charge in [-0.1, -0.05) is 12.1 Å². The van der Waals surface area contributed by atoms with Gasteiger partial charge in [-0.15, -0.1) is 0 Å². The van der Waals surface area contributed by atoms with E-state index in [1.54, 1.807) is 13.2 Å². The lowest BCUT2D eigenvalue weighted by Crippen LogP contribution is -2.48. The number of anilines is 1. The minimum Gasteiger partial charge on any atom is -0.497 e. The third-order valence-corrected chi connectivity index (χ3v) is 5.05. The molecule has 0 aliphatic carbocycles. The number of piperazine rings is 1. The Morgan fingerprint density at radius 1 is 1.00 bits per heavy atom. The Labute approximate surface area is 164 Å². The lowest BCUT2D eigenvalue weighted by molar-refractivity contribution is -0.117. The fraction of sp³-hybridized carbons (Fsp3) is 0.381. The quantitative estimate of drug-likeness (QED) is 0.825. The van der Waals surface area contributed by atoms with Crippen LogP contribution >= 0.6 is 0 Å². The Bertz CT molecular complexity index is 817. The van der Waals surface area contributed by atoms with Gasteiger partial charge in [-0.05, 0) is 29.8 Å². The highest BCUT2D eigenvalue weighted by Gasteiger charge is 2.20. The molecule has 0 bridgehead atoms. The lowest BCUT2D eigenvalue weighted by Gasteiger charge is -2.34. The molecule has 7 nitrogen and oxygen atoms in total. The second kappa shape index (κ2) is 8.50. The molecule has 1 amide bonds. The predicted molar refractivity (Wildman–Crippen MR) is 106 cm³/mol. The van der Waals surface area contributed by atoms with Gasteiger partial charge in [-0.2, -0.15) is 0 Å².